The number of carbonyl (C=O) groups is 1. The quantitative estimate of drug-likeness (QED) is 0.727. The first kappa shape index (κ1) is 9.68. The number of hydrogen-bond donors (Lipinski definition) is 0. The van der Waals surface area contributed by atoms with E-state index >= 15 is 0 Å². The highest BCUT2D eigenvalue weighted by molar-refractivity contribution is 9.25. The summed E-state index contributed by atoms with van der Waals surface area (Å²) in [7, 11) is 0. The fourth-order valence-corrected chi connectivity index (χ4v) is 1.91. The molecule has 1 aliphatic rings. The van der Waals surface area contributed by atoms with E-state index in [2.05, 4.69) is 31.9 Å². The van der Waals surface area contributed by atoms with Crippen molar-refractivity contribution in [3.63, 3.8) is 0 Å². The lowest BCUT2D eigenvalue weighted by Crippen LogP contribution is -2.26. The number of Topliss-reactive ketones (excluding diaryl/α,β-unsaturated/α-hetero) is 1. The zero-order valence-corrected chi connectivity index (χ0v) is 9.23. The van der Waals surface area contributed by atoms with Gasteiger partial charge in [-0.2, -0.15) is 0 Å². The fourth-order valence-electron chi connectivity index (χ4n) is 1.16. The number of alkyl halides is 2. The maximum absolute atomic E-state index is 11.3. The molecule has 1 rings (SSSR count). The molecule has 0 aromatic heterocycles. The molecule has 1 aliphatic heterocycles. The van der Waals surface area contributed by atoms with E-state index in [1.165, 1.54) is 0 Å². The van der Waals surface area contributed by atoms with Crippen LogP contribution in [0.3, 0.4) is 0 Å². The van der Waals surface area contributed by atoms with Crippen LogP contribution >= 0.6 is 31.9 Å². The minimum atomic E-state index is -0.182. The van der Waals surface area contributed by atoms with Crippen molar-refractivity contribution in [3.8, 4) is 0 Å². The molecule has 0 spiro atoms. The Balaban J connectivity index is 2.39. The Bertz CT molecular complexity index is 141. The number of rotatable bonds is 2. The van der Waals surface area contributed by atoms with Gasteiger partial charge in [0.15, 0.2) is 5.78 Å². The summed E-state index contributed by atoms with van der Waals surface area (Å²) in [6.45, 7) is 1.45. The lowest BCUT2D eigenvalue weighted by Gasteiger charge is -2.21. The Hall–Kier alpha value is 0.590. The molecule has 0 saturated carbocycles. The Labute approximate surface area is 82.9 Å². The Morgan fingerprint density at radius 1 is 1.36 bits per heavy atom. The van der Waals surface area contributed by atoms with Gasteiger partial charge in [0.1, 0.15) is 3.74 Å². The van der Waals surface area contributed by atoms with Gasteiger partial charge >= 0.3 is 0 Å². The molecule has 0 aliphatic carbocycles. The normalized spacial score (nSPS) is 20.6. The van der Waals surface area contributed by atoms with E-state index in [0.717, 1.165) is 26.1 Å². The number of ether oxygens (including phenoxy) is 1. The molecular weight excluding hydrogens is 276 g/mol. The van der Waals surface area contributed by atoms with Gasteiger partial charge in [0.05, 0.1) is 0 Å². The summed E-state index contributed by atoms with van der Waals surface area (Å²) in [5, 5.41) is 0. The molecule has 0 unspecified atom stereocenters. The van der Waals surface area contributed by atoms with Gasteiger partial charge in [-0.05, 0) is 12.8 Å². The summed E-state index contributed by atoms with van der Waals surface area (Å²) in [5.74, 6) is 0.431. The molecule has 0 radical (unpaired) electrons. The molecular formula is C7H10Br2O2. The van der Waals surface area contributed by atoms with E-state index in [1.807, 2.05) is 0 Å². The first-order valence-electron chi connectivity index (χ1n) is 3.61. The summed E-state index contributed by atoms with van der Waals surface area (Å²) in [4.78, 5) is 11.3. The molecule has 0 amide bonds. The SMILES string of the molecule is O=C(C(Br)Br)C1CCOCC1. The van der Waals surface area contributed by atoms with Gasteiger partial charge < -0.3 is 4.74 Å². The van der Waals surface area contributed by atoms with Crippen LogP contribution in [-0.2, 0) is 9.53 Å². The third-order valence-electron chi connectivity index (χ3n) is 1.84. The summed E-state index contributed by atoms with van der Waals surface area (Å²) in [6.07, 6.45) is 1.74. The van der Waals surface area contributed by atoms with Crippen LogP contribution in [0.15, 0.2) is 0 Å². The van der Waals surface area contributed by atoms with Crippen LogP contribution in [-0.4, -0.2) is 22.7 Å². The van der Waals surface area contributed by atoms with Gasteiger partial charge in [-0.25, -0.2) is 0 Å². The van der Waals surface area contributed by atoms with Gasteiger partial charge in [0.25, 0.3) is 0 Å². The van der Waals surface area contributed by atoms with Gasteiger partial charge in [-0.1, -0.05) is 31.9 Å². The second-order valence-corrected chi connectivity index (χ2v) is 5.65. The highest BCUT2D eigenvalue weighted by Gasteiger charge is 2.24. The third kappa shape index (κ3) is 2.84. The molecule has 1 heterocycles. The monoisotopic (exact) mass is 284 g/mol. The number of ketones is 1. The minimum Gasteiger partial charge on any atom is -0.381 e. The zero-order chi connectivity index (χ0) is 8.27. The van der Waals surface area contributed by atoms with Crippen molar-refractivity contribution >= 4 is 37.6 Å². The van der Waals surface area contributed by atoms with Gasteiger partial charge in [-0.15, -0.1) is 0 Å². The largest absolute Gasteiger partial charge is 0.381 e. The van der Waals surface area contributed by atoms with E-state index < -0.39 is 0 Å². The van der Waals surface area contributed by atoms with Crippen LogP contribution in [0, 0.1) is 5.92 Å². The van der Waals surface area contributed by atoms with Crippen LogP contribution in [0.4, 0.5) is 0 Å². The Morgan fingerprint density at radius 2 is 1.91 bits per heavy atom. The van der Waals surface area contributed by atoms with E-state index in [-0.39, 0.29) is 15.4 Å². The average Bonchev–Trinajstić information content (AvgIpc) is 2.05. The van der Waals surface area contributed by atoms with Gasteiger partial charge in [-0.3, -0.25) is 4.79 Å². The first-order valence-corrected chi connectivity index (χ1v) is 5.44. The highest BCUT2D eigenvalue weighted by atomic mass is 79.9. The minimum absolute atomic E-state index is 0.182. The number of carbonyl (C=O) groups excluding carboxylic acids is 1. The van der Waals surface area contributed by atoms with Crippen molar-refractivity contribution in [1.82, 2.24) is 0 Å². The summed E-state index contributed by atoms with van der Waals surface area (Å²) < 4.78 is 4.96. The molecule has 0 aromatic carbocycles. The predicted molar refractivity (Wildman–Crippen MR) is 50.2 cm³/mol. The summed E-state index contributed by atoms with van der Waals surface area (Å²) >= 11 is 6.40. The number of hydrogen-bond acceptors (Lipinski definition) is 2. The summed E-state index contributed by atoms with van der Waals surface area (Å²) in [6, 6.07) is 0. The van der Waals surface area contributed by atoms with Gasteiger partial charge in [0.2, 0.25) is 0 Å². The van der Waals surface area contributed by atoms with Crippen LogP contribution in [0.25, 0.3) is 0 Å². The molecule has 11 heavy (non-hydrogen) atoms. The van der Waals surface area contributed by atoms with Crippen LogP contribution in [0.5, 0.6) is 0 Å². The summed E-state index contributed by atoms with van der Waals surface area (Å²) in [5.41, 5.74) is 0. The van der Waals surface area contributed by atoms with Crippen LogP contribution in [0.1, 0.15) is 12.8 Å². The zero-order valence-electron chi connectivity index (χ0n) is 6.06. The smallest absolute Gasteiger partial charge is 0.160 e. The Morgan fingerprint density at radius 3 is 2.36 bits per heavy atom. The maximum Gasteiger partial charge on any atom is 0.160 e. The second-order valence-electron chi connectivity index (χ2n) is 2.59. The lowest BCUT2D eigenvalue weighted by atomic mass is 9.97. The van der Waals surface area contributed by atoms with E-state index in [4.69, 9.17) is 4.74 Å². The maximum atomic E-state index is 11.3. The molecule has 4 heteroatoms. The molecule has 0 bridgehead atoms. The molecule has 0 aromatic rings. The molecule has 1 fully saturated rings. The first-order chi connectivity index (χ1) is 5.22. The van der Waals surface area contributed by atoms with E-state index in [0.29, 0.717) is 0 Å². The van der Waals surface area contributed by atoms with Crippen molar-refractivity contribution in [3.05, 3.63) is 0 Å². The molecule has 0 N–H and O–H groups in total. The average molecular weight is 286 g/mol. The van der Waals surface area contributed by atoms with Crippen molar-refractivity contribution < 1.29 is 9.53 Å². The van der Waals surface area contributed by atoms with Crippen molar-refractivity contribution in [2.75, 3.05) is 13.2 Å². The number of halogens is 2. The van der Waals surface area contributed by atoms with E-state index in [9.17, 15) is 4.79 Å². The molecule has 64 valence electrons. The van der Waals surface area contributed by atoms with Crippen LogP contribution in [0.2, 0.25) is 0 Å². The van der Waals surface area contributed by atoms with Crippen molar-refractivity contribution in [1.29, 1.82) is 0 Å². The molecule has 2 nitrogen and oxygen atoms in total. The molecule has 0 atom stereocenters. The fraction of sp³-hybridized carbons (Fsp3) is 0.857. The standard InChI is InChI=1S/C7H10Br2O2/c8-7(9)6(10)5-1-3-11-4-2-5/h5,7H,1-4H2. The highest BCUT2D eigenvalue weighted by Crippen LogP contribution is 2.22. The Kier molecular flexibility index (Phi) is 4.02. The van der Waals surface area contributed by atoms with Gasteiger partial charge in [0, 0.05) is 19.1 Å². The van der Waals surface area contributed by atoms with Crippen molar-refractivity contribution in [2.24, 2.45) is 5.92 Å². The van der Waals surface area contributed by atoms with Crippen molar-refractivity contribution in [2.45, 2.75) is 16.6 Å². The topological polar surface area (TPSA) is 26.3 Å². The molecule has 1 saturated heterocycles. The second kappa shape index (κ2) is 4.58. The predicted octanol–water partition coefficient (Wildman–Crippen LogP) is 2.10. The lowest BCUT2D eigenvalue weighted by molar-refractivity contribution is -0.123. The van der Waals surface area contributed by atoms with Crippen LogP contribution < -0.4 is 0 Å². The van der Waals surface area contributed by atoms with E-state index in [1.54, 1.807) is 0 Å². The third-order valence-corrected chi connectivity index (χ3v) is 2.74.